The molecule has 1 aromatic heterocycles. The first-order valence-corrected chi connectivity index (χ1v) is 6.56. The summed E-state index contributed by atoms with van der Waals surface area (Å²) in [6.45, 7) is 9.11. The molecule has 2 rings (SSSR count). The van der Waals surface area contributed by atoms with Crippen LogP contribution in [0.15, 0.2) is 12.1 Å². The van der Waals surface area contributed by atoms with Gasteiger partial charge in [-0.15, -0.1) is 0 Å². The summed E-state index contributed by atoms with van der Waals surface area (Å²) in [6.07, 6.45) is 3.75. The molecule has 0 saturated heterocycles. The Morgan fingerprint density at radius 1 is 1.19 bits per heavy atom. The molecule has 1 aliphatic rings. The molecule has 1 heterocycles. The zero-order valence-corrected chi connectivity index (χ0v) is 11.0. The summed E-state index contributed by atoms with van der Waals surface area (Å²) in [7, 11) is 0. The zero-order valence-electron chi connectivity index (χ0n) is 11.0. The maximum absolute atomic E-state index is 4.85. The van der Waals surface area contributed by atoms with Crippen molar-refractivity contribution in [3.8, 4) is 0 Å². The molecule has 1 heteroatoms. The van der Waals surface area contributed by atoms with E-state index in [2.05, 4.69) is 39.8 Å². The van der Waals surface area contributed by atoms with Gasteiger partial charge in [-0.05, 0) is 48.6 Å². The van der Waals surface area contributed by atoms with E-state index >= 15 is 0 Å². The largest absolute Gasteiger partial charge is 0.257 e. The monoisotopic (exact) mass is 217 g/mol. The standard InChI is InChI=1S/C15H23N/c1-10(2)13-6-5-12-7-8-14(11(3)4)16-15(12)9-13/h7-8,10-11,13H,5-6,9H2,1-4H3. The van der Waals surface area contributed by atoms with Crippen LogP contribution in [0.4, 0.5) is 0 Å². The van der Waals surface area contributed by atoms with Crippen LogP contribution in [0, 0.1) is 11.8 Å². The van der Waals surface area contributed by atoms with Crippen molar-refractivity contribution < 1.29 is 0 Å². The molecule has 0 amide bonds. The van der Waals surface area contributed by atoms with Gasteiger partial charge in [-0.3, -0.25) is 4.98 Å². The molecule has 0 spiro atoms. The Morgan fingerprint density at radius 2 is 1.94 bits per heavy atom. The molecule has 0 saturated carbocycles. The van der Waals surface area contributed by atoms with Gasteiger partial charge >= 0.3 is 0 Å². The average molecular weight is 217 g/mol. The lowest BCUT2D eigenvalue weighted by Crippen LogP contribution is -2.20. The van der Waals surface area contributed by atoms with Crippen molar-refractivity contribution in [3.05, 3.63) is 29.1 Å². The van der Waals surface area contributed by atoms with Crippen LogP contribution in [0.3, 0.4) is 0 Å². The molecule has 0 radical (unpaired) electrons. The van der Waals surface area contributed by atoms with Gasteiger partial charge in [-0.2, -0.15) is 0 Å². The molecule has 0 aromatic carbocycles. The summed E-state index contributed by atoms with van der Waals surface area (Å²) in [4.78, 5) is 4.85. The highest BCUT2D eigenvalue weighted by molar-refractivity contribution is 5.27. The fourth-order valence-corrected chi connectivity index (χ4v) is 2.53. The van der Waals surface area contributed by atoms with Crippen LogP contribution in [-0.2, 0) is 12.8 Å². The molecule has 0 fully saturated rings. The predicted octanol–water partition coefficient (Wildman–Crippen LogP) is 3.97. The Hall–Kier alpha value is -0.850. The number of aromatic nitrogens is 1. The molecular formula is C15H23N. The summed E-state index contributed by atoms with van der Waals surface area (Å²) >= 11 is 0. The molecule has 1 nitrogen and oxygen atoms in total. The lowest BCUT2D eigenvalue weighted by Gasteiger charge is -2.27. The second-order valence-corrected chi connectivity index (χ2v) is 5.74. The molecule has 16 heavy (non-hydrogen) atoms. The summed E-state index contributed by atoms with van der Waals surface area (Å²) in [5, 5.41) is 0. The van der Waals surface area contributed by atoms with E-state index < -0.39 is 0 Å². The third-order valence-electron chi connectivity index (χ3n) is 3.86. The number of hydrogen-bond donors (Lipinski definition) is 0. The number of fused-ring (bicyclic) bond motifs is 1. The first-order valence-electron chi connectivity index (χ1n) is 6.56. The van der Waals surface area contributed by atoms with Gasteiger partial charge in [-0.1, -0.05) is 33.8 Å². The Kier molecular flexibility index (Phi) is 3.32. The summed E-state index contributed by atoms with van der Waals surface area (Å²) < 4.78 is 0. The van der Waals surface area contributed by atoms with Gasteiger partial charge in [0.2, 0.25) is 0 Å². The van der Waals surface area contributed by atoms with Gasteiger partial charge in [0, 0.05) is 11.4 Å². The topological polar surface area (TPSA) is 12.9 Å². The Balaban J connectivity index is 2.25. The van der Waals surface area contributed by atoms with Crippen molar-refractivity contribution in [1.29, 1.82) is 0 Å². The second-order valence-electron chi connectivity index (χ2n) is 5.74. The van der Waals surface area contributed by atoms with Gasteiger partial charge in [0.05, 0.1) is 0 Å². The lowest BCUT2D eigenvalue weighted by molar-refractivity contribution is 0.338. The van der Waals surface area contributed by atoms with E-state index in [0.29, 0.717) is 5.92 Å². The molecule has 0 N–H and O–H groups in total. The van der Waals surface area contributed by atoms with Crippen LogP contribution in [0.5, 0.6) is 0 Å². The second kappa shape index (κ2) is 4.57. The number of pyridine rings is 1. The van der Waals surface area contributed by atoms with E-state index in [1.807, 2.05) is 0 Å². The van der Waals surface area contributed by atoms with Gasteiger partial charge in [0.15, 0.2) is 0 Å². The van der Waals surface area contributed by atoms with Crippen LogP contribution < -0.4 is 0 Å². The van der Waals surface area contributed by atoms with E-state index in [4.69, 9.17) is 4.98 Å². The van der Waals surface area contributed by atoms with Crippen molar-refractivity contribution in [1.82, 2.24) is 4.98 Å². The minimum absolute atomic E-state index is 0.546. The van der Waals surface area contributed by atoms with E-state index in [1.165, 1.54) is 36.2 Å². The lowest BCUT2D eigenvalue weighted by atomic mass is 9.80. The van der Waals surface area contributed by atoms with Crippen molar-refractivity contribution in [2.45, 2.75) is 52.9 Å². The van der Waals surface area contributed by atoms with Crippen LogP contribution in [0.25, 0.3) is 0 Å². The maximum Gasteiger partial charge on any atom is 0.0441 e. The fraction of sp³-hybridized carbons (Fsp3) is 0.667. The van der Waals surface area contributed by atoms with Crippen molar-refractivity contribution in [2.24, 2.45) is 11.8 Å². The third-order valence-corrected chi connectivity index (χ3v) is 3.86. The van der Waals surface area contributed by atoms with E-state index in [9.17, 15) is 0 Å². The van der Waals surface area contributed by atoms with Crippen molar-refractivity contribution in [3.63, 3.8) is 0 Å². The van der Waals surface area contributed by atoms with Gasteiger partial charge in [0.1, 0.15) is 0 Å². The Bertz CT molecular complexity index is 366. The molecule has 0 aliphatic heterocycles. The Morgan fingerprint density at radius 3 is 2.56 bits per heavy atom. The van der Waals surface area contributed by atoms with Gasteiger partial charge in [-0.25, -0.2) is 0 Å². The molecule has 1 aliphatic carbocycles. The molecule has 1 atom stereocenters. The zero-order chi connectivity index (χ0) is 11.7. The predicted molar refractivity (Wildman–Crippen MR) is 68.7 cm³/mol. The third kappa shape index (κ3) is 2.28. The van der Waals surface area contributed by atoms with E-state index in [0.717, 1.165) is 11.8 Å². The highest BCUT2D eigenvalue weighted by atomic mass is 14.7. The Labute approximate surface area is 99.3 Å². The number of aryl methyl sites for hydroxylation is 1. The highest BCUT2D eigenvalue weighted by Gasteiger charge is 2.22. The highest BCUT2D eigenvalue weighted by Crippen LogP contribution is 2.30. The summed E-state index contributed by atoms with van der Waals surface area (Å²) in [6, 6.07) is 4.51. The number of rotatable bonds is 2. The van der Waals surface area contributed by atoms with Crippen LogP contribution in [0.2, 0.25) is 0 Å². The van der Waals surface area contributed by atoms with Crippen LogP contribution >= 0.6 is 0 Å². The number of nitrogens with zero attached hydrogens (tertiary/aromatic N) is 1. The van der Waals surface area contributed by atoms with Crippen LogP contribution in [-0.4, -0.2) is 4.98 Å². The quantitative estimate of drug-likeness (QED) is 0.730. The van der Waals surface area contributed by atoms with E-state index in [1.54, 1.807) is 0 Å². The first kappa shape index (κ1) is 11.6. The smallest absolute Gasteiger partial charge is 0.0441 e. The minimum Gasteiger partial charge on any atom is -0.257 e. The fourth-order valence-electron chi connectivity index (χ4n) is 2.53. The van der Waals surface area contributed by atoms with E-state index in [-0.39, 0.29) is 0 Å². The van der Waals surface area contributed by atoms with Crippen molar-refractivity contribution in [2.75, 3.05) is 0 Å². The summed E-state index contributed by atoms with van der Waals surface area (Å²) in [5.41, 5.74) is 4.11. The average Bonchev–Trinajstić information content (AvgIpc) is 2.27. The molecule has 0 bridgehead atoms. The normalized spacial score (nSPS) is 20.2. The summed E-state index contributed by atoms with van der Waals surface area (Å²) in [5.74, 6) is 2.17. The first-order chi connectivity index (χ1) is 7.58. The molecule has 88 valence electrons. The van der Waals surface area contributed by atoms with Gasteiger partial charge in [0.25, 0.3) is 0 Å². The number of hydrogen-bond acceptors (Lipinski definition) is 1. The minimum atomic E-state index is 0.546. The van der Waals surface area contributed by atoms with Gasteiger partial charge < -0.3 is 0 Å². The SMILES string of the molecule is CC(C)c1ccc2c(n1)CC(C(C)C)CC2. The molecular weight excluding hydrogens is 194 g/mol. The molecule has 1 unspecified atom stereocenters. The maximum atomic E-state index is 4.85. The van der Waals surface area contributed by atoms with Crippen molar-refractivity contribution >= 4 is 0 Å². The van der Waals surface area contributed by atoms with Crippen LogP contribution in [0.1, 0.15) is 57.0 Å². The molecule has 1 aromatic rings.